The van der Waals surface area contributed by atoms with E-state index < -0.39 is 0 Å². The molecular weight excluding hydrogens is 470 g/mol. The predicted octanol–water partition coefficient (Wildman–Crippen LogP) is 11.1. The fourth-order valence-electron chi connectivity index (χ4n) is 5.66. The molecule has 6 aromatic carbocycles. The first-order chi connectivity index (χ1) is 19.2. The van der Waals surface area contributed by atoms with Gasteiger partial charge in [0.1, 0.15) is 0 Å². The van der Waals surface area contributed by atoms with E-state index in [0.29, 0.717) is 0 Å². The summed E-state index contributed by atoms with van der Waals surface area (Å²) in [4.78, 5) is 2.38. The van der Waals surface area contributed by atoms with E-state index in [9.17, 15) is 0 Å². The van der Waals surface area contributed by atoms with Gasteiger partial charge in [0.2, 0.25) is 0 Å². The Morgan fingerprint density at radius 2 is 1.18 bits per heavy atom. The number of nitrogens with zero attached hydrogens (tertiary/aromatic N) is 1. The van der Waals surface area contributed by atoms with Gasteiger partial charge in [0.05, 0.1) is 5.69 Å². The lowest BCUT2D eigenvalue weighted by Gasteiger charge is -2.28. The lowest BCUT2D eigenvalue weighted by atomic mass is 9.92. The summed E-state index contributed by atoms with van der Waals surface area (Å²) in [5.74, 6) is 0. The fourth-order valence-corrected chi connectivity index (χ4v) is 5.66. The lowest BCUT2D eigenvalue weighted by Crippen LogP contribution is -2.10. The lowest BCUT2D eigenvalue weighted by molar-refractivity contribution is 1.30. The molecule has 0 aliphatic carbocycles. The van der Waals surface area contributed by atoms with Crippen molar-refractivity contribution < 1.29 is 0 Å². The van der Waals surface area contributed by atoms with Gasteiger partial charge < -0.3 is 4.90 Å². The van der Waals surface area contributed by atoms with Crippen molar-refractivity contribution in [1.29, 1.82) is 0 Å². The van der Waals surface area contributed by atoms with Crippen molar-refractivity contribution in [3.8, 4) is 0 Å². The Morgan fingerprint density at radius 1 is 0.615 bits per heavy atom. The summed E-state index contributed by atoms with van der Waals surface area (Å²) in [6.07, 6.45) is 8.07. The van der Waals surface area contributed by atoms with Gasteiger partial charge in [-0.3, -0.25) is 0 Å². The van der Waals surface area contributed by atoms with E-state index >= 15 is 0 Å². The number of allylic oxidation sites excluding steroid dienone is 5. The highest BCUT2D eigenvalue weighted by atomic mass is 15.1. The van der Waals surface area contributed by atoms with Crippen molar-refractivity contribution in [2.24, 2.45) is 0 Å². The molecule has 0 aliphatic rings. The minimum Gasteiger partial charge on any atom is -0.310 e. The average molecular weight is 502 g/mol. The summed E-state index contributed by atoms with van der Waals surface area (Å²) in [5, 5.41) is 7.64. The summed E-state index contributed by atoms with van der Waals surface area (Å²) in [6.45, 7) is 8.15. The van der Waals surface area contributed by atoms with Gasteiger partial charge in [0.25, 0.3) is 0 Å². The minimum atomic E-state index is 1.12. The molecule has 0 fully saturated rings. The fraction of sp³-hybridized carbons (Fsp3) is 0.0526. The van der Waals surface area contributed by atoms with Gasteiger partial charge in [-0.15, -0.1) is 0 Å². The van der Waals surface area contributed by atoms with Crippen molar-refractivity contribution in [2.45, 2.75) is 13.8 Å². The Kier molecular flexibility index (Phi) is 6.57. The van der Waals surface area contributed by atoms with E-state index in [0.717, 1.165) is 22.5 Å². The van der Waals surface area contributed by atoms with Crippen molar-refractivity contribution >= 4 is 55.0 Å². The predicted molar refractivity (Wildman–Crippen MR) is 171 cm³/mol. The van der Waals surface area contributed by atoms with Crippen LogP contribution in [-0.2, 0) is 0 Å². The van der Waals surface area contributed by atoms with Crippen molar-refractivity contribution in [3.63, 3.8) is 0 Å². The third-order valence-corrected chi connectivity index (χ3v) is 7.43. The number of aryl methyl sites for hydroxylation is 1. The van der Waals surface area contributed by atoms with Gasteiger partial charge >= 0.3 is 0 Å². The zero-order valence-corrected chi connectivity index (χ0v) is 22.4. The Hall–Kier alpha value is -4.88. The maximum atomic E-state index is 3.90. The topological polar surface area (TPSA) is 3.24 Å². The zero-order chi connectivity index (χ0) is 26.8. The first-order valence-electron chi connectivity index (χ1n) is 13.4. The van der Waals surface area contributed by atoms with Crippen LogP contribution in [0.25, 0.3) is 37.9 Å². The van der Waals surface area contributed by atoms with Crippen LogP contribution in [-0.4, -0.2) is 0 Å². The molecule has 0 bridgehead atoms. The SMILES string of the molecule is C=C/C=C(\C=C/C)c1ccc(N(c2ccccc2)c2cc3c4ccccc4c(C)cc3c3ccccc23)cc1. The molecule has 0 unspecified atom stereocenters. The largest absolute Gasteiger partial charge is 0.310 e. The maximum absolute atomic E-state index is 3.90. The van der Waals surface area contributed by atoms with E-state index in [1.165, 1.54) is 43.6 Å². The third-order valence-electron chi connectivity index (χ3n) is 7.43. The van der Waals surface area contributed by atoms with E-state index in [2.05, 4.69) is 146 Å². The second-order valence-corrected chi connectivity index (χ2v) is 9.85. The maximum Gasteiger partial charge on any atom is 0.0546 e. The van der Waals surface area contributed by atoms with Gasteiger partial charge in [0, 0.05) is 16.8 Å². The highest BCUT2D eigenvalue weighted by molar-refractivity contribution is 6.22. The molecule has 0 radical (unpaired) electrons. The average Bonchev–Trinajstić information content (AvgIpc) is 2.99. The molecule has 188 valence electrons. The van der Waals surface area contributed by atoms with Crippen LogP contribution in [0, 0.1) is 6.92 Å². The molecule has 6 rings (SSSR count). The number of hydrogen-bond donors (Lipinski definition) is 0. The van der Waals surface area contributed by atoms with Crippen LogP contribution < -0.4 is 4.90 Å². The summed E-state index contributed by atoms with van der Waals surface area (Å²) >= 11 is 0. The minimum absolute atomic E-state index is 1.12. The molecule has 0 atom stereocenters. The van der Waals surface area contributed by atoms with Crippen molar-refractivity contribution in [3.05, 3.63) is 157 Å². The molecule has 39 heavy (non-hydrogen) atoms. The molecule has 0 N–H and O–H groups in total. The molecule has 1 heteroatoms. The molecule has 6 aromatic rings. The molecule has 1 nitrogen and oxygen atoms in total. The smallest absolute Gasteiger partial charge is 0.0546 e. The second kappa shape index (κ2) is 10.5. The quantitative estimate of drug-likeness (QED) is 0.162. The van der Waals surface area contributed by atoms with Crippen molar-refractivity contribution in [1.82, 2.24) is 0 Å². The highest BCUT2D eigenvalue weighted by Gasteiger charge is 2.18. The number of anilines is 3. The van der Waals surface area contributed by atoms with E-state index in [1.807, 2.05) is 19.1 Å². The monoisotopic (exact) mass is 501 g/mol. The van der Waals surface area contributed by atoms with Crippen LogP contribution >= 0.6 is 0 Å². The number of rotatable bonds is 6. The summed E-state index contributed by atoms with van der Waals surface area (Å²) in [7, 11) is 0. The Balaban J connectivity index is 1.65. The van der Waals surface area contributed by atoms with Crippen LogP contribution in [0.15, 0.2) is 146 Å². The number of para-hydroxylation sites is 1. The molecule has 0 saturated carbocycles. The van der Waals surface area contributed by atoms with Crippen LogP contribution in [0.4, 0.5) is 17.1 Å². The third kappa shape index (κ3) is 4.43. The first kappa shape index (κ1) is 24.5. The zero-order valence-electron chi connectivity index (χ0n) is 22.4. The van der Waals surface area contributed by atoms with Crippen LogP contribution in [0.1, 0.15) is 18.1 Å². The molecule has 0 aliphatic heterocycles. The summed E-state index contributed by atoms with van der Waals surface area (Å²) < 4.78 is 0. The molecule has 0 aromatic heterocycles. The van der Waals surface area contributed by atoms with Gasteiger partial charge in [-0.25, -0.2) is 0 Å². The van der Waals surface area contributed by atoms with Gasteiger partial charge in [-0.1, -0.05) is 116 Å². The number of benzene rings is 6. The normalized spacial score (nSPS) is 12.0. The molecular formula is C38H31N. The summed E-state index contributed by atoms with van der Waals surface area (Å²) in [5.41, 5.74) is 7.01. The van der Waals surface area contributed by atoms with Gasteiger partial charge in [-0.05, 0) is 87.8 Å². The van der Waals surface area contributed by atoms with E-state index in [1.54, 1.807) is 0 Å². The standard InChI is InChI=1S/C38H31N/c1-4-13-28(14-5-2)29-21-23-31(24-22-29)39(30-15-7-6-8-16-30)38-26-37-33-18-10-9-17-32(33)27(3)25-36(37)34-19-11-12-20-35(34)38/h4-26H,1H2,2-3H3/b14-5-,28-13+. The first-order valence-corrected chi connectivity index (χ1v) is 13.4. The van der Waals surface area contributed by atoms with Gasteiger partial charge in [-0.2, -0.15) is 0 Å². The molecule has 0 amide bonds. The molecule has 0 spiro atoms. The van der Waals surface area contributed by atoms with Crippen molar-refractivity contribution in [2.75, 3.05) is 4.90 Å². The van der Waals surface area contributed by atoms with Crippen LogP contribution in [0.2, 0.25) is 0 Å². The summed E-state index contributed by atoms with van der Waals surface area (Å²) in [6, 6.07) is 41.7. The van der Waals surface area contributed by atoms with Crippen LogP contribution in [0.3, 0.4) is 0 Å². The number of fused-ring (bicyclic) bond motifs is 5. The Bertz CT molecular complexity index is 1870. The van der Waals surface area contributed by atoms with Gasteiger partial charge in [0.15, 0.2) is 0 Å². The van der Waals surface area contributed by atoms with E-state index in [4.69, 9.17) is 0 Å². The second-order valence-electron chi connectivity index (χ2n) is 9.85. The van der Waals surface area contributed by atoms with E-state index in [-0.39, 0.29) is 0 Å². The highest BCUT2D eigenvalue weighted by Crippen LogP contribution is 2.44. The Morgan fingerprint density at radius 3 is 1.85 bits per heavy atom. The van der Waals surface area contributed by atoms with Crippen LogP contribution in [0.5, 0.6) is 0 Å². The Labute approximate surface area is 230 Å². The molecule has 0 saturated heterocycles. The molecule has 0 heterocycles. The number of hydrogen-bond acceptors (Lipinski definition) is 1.